The second kappa shape index (κ2) is 11.0. The minimum atomic E-state index is -0.292. The third-order valence-electron chi connectivity index (χ3n) is 5.90. The fourth-order valence-electron chi connectivity index (χ4n) is 3.83. The van der Waals surface area contributed by atoms with Crippen LogP contribution >= 0.6 is 11.3 Å². The molecule has 4 rings (SSSR count). The Kier molecular flexibility index (Phi) is 7.80. The fourth-order valence-corrected chi connectivity index (χ4v) is 4.63. The van der Waals surface area contributed by atoms with E-state index >= 15 is 0 Å². The maximum Gasteiger partial charge on any atom is 0.282 e. The van der Waals surface area contributed by atoms with E-state index < -0.39 is 0 Å². The molecule has 0 saturated carbocycles. The number of halogens is 1. The van der Waals surface area contributed by atoms with Crippen LogP contribution in [0.25, 0.3) is 0 Å². The summed E-state index contributed by atoms with van der Waals surface area (Å²) in [5, 5.41) is 12.3. The first kappa shape index (κ1) is 23.5. The van der Waals surface area contributed by atoms with Gasteiger partial charge in [0.05, 0.1) is 6.54 Å². The number of benzene rings is 2. The van der Waals surface area contributed by atoms with Gasteiger partial charge in [-0.25, -0.2) is 4.39 Å². The smallest absolute Gasteiger partial charge is 0.282 e. The Morgan fingerprint density at radius 2 is 1.55 bits per heavy atom. The number of piperazine rings is 1. The summed E-state index contributed by atoms with van der Waals surface area (Å²) < 4.78 is 13.0. The van der Waals surface area contributed by atoms with Crippen LogP contribution in [-0.4, -0.2) is 52.1 Å². The summed E-state index contributed by atoms with van der Waals surface area (Å²) >= 11 is 1.33. The number of aromatic nitrogens is 2. The second-order valence-electron chi connectivity index (χ2n) is 8.76. The lowest BCUT2D eigenvalue weighted by Crippen LogP contribution is -2.45. The lowest BCUT2D eigenvalue weighted by atomic mass is 10.0. The Morgan fingerprint density at radius 3 is 2.18 bits per heavy atom. The minimum absolute atomic E-state index is 0.253. The van der Waals surface area contributed by atoms with Crippen molar-refractivity contribution in [1.82, 2.24) is 25.3 Å². The van der Waals surface area contributed by atoms with Crippen LogP contribution in [0.1, 0.15) is 51.3 Å². The van der Waals surface area contributed by atoms with E-state index in [1.54, 1.807) is 12.1 Å². The number of carbonyl (C=O) groups excluding carboxylic acids is 1. The zero-order valence-electron chi connectivity index (χ0n) is 19.1. The lowest BCUT2D eigenvalue weighted by molar-refractivity contribution is 0.0950. The summed E-state index contributed by atoms with van der Waals surface area (Å²) in [5.74, 6) is 0.0145. The van der Waals surface area contributed by atoms with Gasteiger partial charge in [0.2, 0.25) is 5.01 Å². The summed E-state index contributed by atoms with van der Waals surface area (Å²) in [6.07, 6.45) is 0. The molecule has 1 amide bonds. The molecule has 1 aromatic heterocycles. The Bertz CT molecular complexity index is 1040. The molecule has 1 aliphatic rings. The molecule has 2 heterocycles. The molecular weight excluding hydrogens is 437 g/mol. The van der Waals surface area contributed by atoms with Crippen molar-refractivity contribution in [3.8, 4) is 0 Å². The van der Waals surface area contributed by atoms with Crippen LogP contribution in [0.3, 0.4) is 0 Å². The quantitative estimate of drug-likeness (QED) is 0.542. The predicted octanol–water partition coefficient (Wildman–Crippen LogP) is 4.05. The number of nitrogens with zero attached hydrogens (tertiary/aromatic N) is 4. The molecule has 33 heavy (non-hydrogen) atoms. The van der Waals surface area contributed by atoms with E-state index in [1.807, 2.05) is 0 Å². The summed E-state index contributed by atoms with van der Waals surface area (Å²) in [7, 11) is 0. The van der Waals surface area contributed by atoms with Crippen molar-refractivity contribution in [2.45, 2.75) is 39.4 Å². The van der Waals surface area contributed by atoms with Crippen LogP contribution in [0.2, 0.25) is 0 Å². The normalized spacial score (nSPS) is 15.2. The highest BCUT2D eigenvalue weighted by Crippen LogP contribution is 2.18. The summed E-state index contributed by atoms with van der Waals surface area (Å²) in [5.41, 5.74) is 3.57. The van der Waals surface area contributed by atoms with E-state index in [1.165, 1.54) is 34.6 Å². The van der Waals surface area contributed by atoms with Crippen LogP contribution in [0, 0.1) is 5.82 Å². The molecule has 3 aromatic rings. The zero-order valence-corrected chi connectivity index (χ0v) is 19.9. The van der Waals surface area contributed by atoms with E-state index in [9.17, 15) is 9.18 Å². The number of nitrogens with one attached hydrogen (secondary N) is 1. The molecule has 1 aliphatic heterocycles. The third kappa shape index (κ3) is 6.66. The molecule has 174 valence electrons. The zero-order chi connectivity index (χ0) is 23.2. The van der Waals surface area contributed by atoms with Crippen molar-refractivity contribution < 1.29 is 9.18 Å². The van der Waals surface area contributed by atoms with Crippen LogP contribution in [0.15, 0.2) is 48.5 Å². The van der Waals surface area contributed by atoms with Crippen LogP contribution < -0.4 is 5.32 Å². The van der Waals surface area contributed by atoms with E-state index in [2.05, 4.69) is 63.4 Å². The van der Waals surface area contributed by atoms with Crippen LogP contribution in [-0.2, 0) is 19.6 Å². The van der Waals surface area contributed by atoms with Gasteiger partial charge in [-0.15, -0.1) is 10.2 Å². The van der Waals surface area contributed by atoms with Gasteiger partial charge < -0.3 is 5.32 Å². The minimum Gasteiger partial charge on any atom is -0.346 e. The van der Waals surface area contributed by atoms with Crippen LogP contribution in [0.5, 0.6) is 0 Å². The largest absolute Gasteiger partial charge is 0.346 e. The van der Waals surface area contributed by atoms with Crippen molar-refractivity contribution in [2.75, 3.05) is 26.2 Å². The van der Waals surface area contributed by atoms with E-state index in [0.29, 0.717) is 24.0 Å². The molecule has 8 heteroatoms. The Balaban J connectivity index is 1.21. The van der Waals surface area contributed by atoms with Gasteiger partial charge in [-0.05, 0) is 34.7 Å². The van der Waals surface area contributed by atoms with Gasteiger partial charge in [0.25, 0.3) is 5.91 Å². The Hall–Kier alpha value is -2.68. The molecule has 0 spiro atoms. The topological polar surface area (TPSA) is 61.4 Å². The molecule has 1 fully saturated rings. The molecule has 0 atom stereocenters. The fraction of sp³-hybridized carbons (Fsp3) is 0.400. The number of amides is 1. The van der Waals surface area contributed by atoms with Gasteiger partial charge in [-0.1, -0.05) is 61.6 Å². The molecular formula is C25H30FN5OS. The number of rotatable bonds is 8. The summed E-state index contributed by atoms with van der Waals surface area (Å²) in [6.45, 7) is 10.4. The first-order chi connectivity index (χ1) is 16.0. The highest BCUT2D eigenvalue weighted by molar-refractivity contribution is 7.13. The van der Waals surface area contributed by atoms with Gasteiger partial charge in [0.1, 0.15) is 10.8 Å². The van der Waals surface area contributed by atoms with Crippen molar-refractivity contribution in [2.24, 2.45) is 0 Å². The van der Waals surface area contributed by atoms with Crippen molar-refractivity contribution in [3.63, 3.8) is 0 Å². The first-order valence-corrected chi connectivity index (χ1v) is 12.2. The SMILES string of the molecule is CC(C)c1ccc(CN2CCN(Cc3nnc(C(=O)NCc4ccc(F)cc4)s3)CC2)cc1. The molecule has 1 N–H and O–H groups in total. The van der Waals surface area contributed by atoms with Gasteiger partial charge in [-0.2, -0.15) is 0 Å². The van der Waals surface area contributed by atoms with Crippen LogP contribution in [0.4, 0.5) is 4.39 Å². The summed E-state index contributed by atoms with van der Waals surface area (Å²) in [4.78, 5) is 17.2. The third-order valence-corrected chi connectivity index (χ3v) is 6.81. The average molecular weight is 468 g/mol. The molecule has 0 unspecified atom stereocenters. The average Bonchev–Trinajstić information content (AvgIpc) is 3.29. The van der Waals surface area contributed by atoms with Crippen molar-refractivity contribution in [3.05, 3.63) is 81.1 Å². The first-order valence-electron chi connectivity index (χ1n) is 11.3. The van der Waals surface area contributed by atoms with Gasteiger partial charge >= 0.3 is 0 Å². The molecule has 0 aliphatic carbocycles. The lowest BCUT2D eigenvalue weighted by Gasteiger charge is -2.34. The van der Waals surface area contributed by atoms with Gasteiger partial charge in [0.15, 0.2) is 0 Å². The van der Waals surface area contributed by atoms with Crippen molar-refractivity contribution >= 4 is 17.2 Å². The number of hydrogen-bond acceptors (Lipinski definition) is 6. The highest BCUT2D eigenvalue weighted by atomic mass is 32.1. The van der Waals surface area contributed by atoms with E-state index in [4.69, 9.17) is 0 Å². The Morgan fingerprint density at radius 1 is 0.939 bits per heavy atom. The molecule has 2 aromatic carbocycles. The predicted molar refractivity (Wildman–Crippen MR) is 129 cm³/mol. The molecule has 6 nitrogen and oxygen atoms in total. The van der Waals surface area contributed by atoms with E-state index in [-0.39, 0.29) is 11.7 Å². The molecule has 1 saturated heterocycles. The van der Waals surface area contributed by atoms with Gasteiger partial charge in [0, 0.05) is 39.3 Å². The number of carbonyl (C=O) groups is 1. The standard InChI is InChI=1S/C25H30FN5OS/c1-18(2)21-7-3-20(4-8-21)16-30-11-13-31(14-12-30)17-23-28-29-25(33-23)24(32)27-15-19-5-9-22(26)10-6-19/h3-10,18H,11-17H2,1-2H3,(H,27,32). The maximum atomic E-state index is 13.0. The van der Waals surface area contributed by atoms with Crippen molar-refractivity contribution in [1.29, 1.82) is 0 Å². The Labute approximate surface area is 198 Å². The van der Waals surface area contributed by atoms with E-state index in [0.717, 1.165) is 43.3 Å². The molecule has 0 radical (unpaired) electrons. The highest BCUT2D eigenvalue weighted by Gasteiger charge is 2.20. The maximum absolute atomic E-state index is 13.0. The van der Waals surface area contributed by atoms with Gasteiger partial charge in [-0.3, -0.25) is 14.6 Å². The number of hydrogen-bond donors (Lipinski definition) is 1. The second-order valence-corrected chi connectivity index (χ2v) is 9.82. The monoisotopic (exact) mass is 467 g/mol. The summed E-state index contributed by atoms with van der Waals surface area (Å²) in [6, 6.07) is 15.0. The molecule has 0 bridgehead atoms.